The molecule has 1 aliphatic carbocycles. The first-order valence-corrected chi connectivity index (χ1v) is 6.25. The molecule has 16 heavy (non-hydrogen) atoms. The molecule has 1 N–H and O–H groups in total. The van der Waals surface area contributed by atoms with Gasteiger partial charge < -0.3 is 5.11 Å². The number of hydrogen-bond donors (Lipinski definition) is 1. The first-order valence-electron chi connectivity index (χ1n) is 6.25. The van der Waals surface area contributed by atoms with Crippen molar-refractivity contribution in [2.75, 3.05) is 13.2 Å². The summed E-state index contributed by atoms with van der Waals surface area (Å²) in [6.45, 7) is 2.65. The van der Waals surface area contributed by atoms with Gasteiger partial charge in [0.1, 0.15) is 0 Å². The molecule has 3 unspecified atom stereocenters. The van der Waals surface area contributed by atoms with E-state index < -0.39 is 0 Å². The summed E-state index contributed by atoms with van der Waals surface area (Å²) >= 11 is 0. The van der Waals surface area contributed by atoms with Crippen molar-refractivity contribution >= 4 is 0 Å². The second kappa shape index (κ2) is 4.19. The van der Waals surface area contributed by atoms with Crippen molar-refractivity contribution in [3.63, 3.8) is 0 Å². The predicted octanol–water partition coefficient (Wildman–Crippen LogP) is 1.89. The molecule has 0 aromatic heterocycles. The Labute approximate surface area is 96.9 Å². The summed E-state index contributed by atoms with van der Waals surface area (Å²) in [5.74, 6) is 1.37. The molecule has 0 spiro atoms. The van der Waals surface area contributed by atoms with Gasteiger partial charge in [0, 0.05) is 25.7 Å². The Bertz CT molecular complexity index is 351. The first-order chi connectivity index (χ1) is 7.86. The Morgan fingerprint density at radius 1 is 1.19 bits per heavy atom. The molecule has 0 radical (unpaired) electrons. The lowest BCUT2D eigenvalue weighted by Gasteiger charge is -2.32. The lowest BCUT2D eigenvalue weighted by atomic mass is 9.98. The second-order valence-corrected chi connectivity index (χ2v) is 5.26. The topological polar surface area (TPSA) is 23.5 Å². The Kier molecular flexibility index (Phi) is 2.70. The molecule has 2 aliphatic rings. The largest absolute Gasteiger partial charge is 0.396 e. The number of hydrogen-bond acceptors (Lipinski definition) is 2. The van der Waals surface area contributed by atoms with Crippen LogP contribution >= 0.6 is 0 Å². The Morgan fingerprint density at radius 3 is 2.69 bits per heavy atom. The smallest absolute Gasteiger partial charge is 0.0474 e. The number of piperidine rings is 1. The minimum Gasteiger partial charge on any atom is -0.396 e. The van der Waals surface area contributed by atoms with Crippen molar-refractivity contribution < 1.29 is 5.11 Å². The van der Waals surface area contributed by atoms with Crippen LogP contribution in [0.5, 0.6) is 0 Å². The number of aliphatic hydroxyl groups excluding tert-OH is 1. The third kappa shape index (κ3) is 1.76. The van der Waals surface area contributed by atoms with E-state index in [0.29, 0.717) is 18.6 Å². The number of rotatable bonds is 3. The Hall–Kier alpha value is -0.860. The monoisotopic (exact) mass is 217 g/mol. The molecule has 1 aromatic carbocycles. The molecular formula is C14H19NO. The summed E-state index contributed by atoms with van der Waals surface area (Å²) in [5.41, 5.74) is 1.40. The van der Waals surface area contributed by atoms with E-state index in [9.17, 15) is 5.11 Å². The Morgan fingerprint density at radius 2 is 2.00 bits per heavy atom. The standard InChI is InChI=1S/C14H19NO/c16-10-13-6-12-7-14(13)15(9-12)8-11-4-2-1-3-5-11/h1-5,12-14,16H,6-10H2. The van der Waals surface area contributed by atoms with Crippen LogP contribution in [-0.4, -0.2) is 29.2 Å². The van der Waals surface area contributed by atoms with Crippen molar-refractivity contribution in [3.8, 4) is 0 Å². The SMILES string of the molecule is OCC1CC2CC1N(Cc1ccccc1)C2. The molecule has 1 saturated heterocycles. The summed E-state index contributed by atoms with van der Waals surface area (Å²) in [6, 6.07) is 11.3. The molecule has 1 saturated carbocycles. The number of nitrogens with zero attached hydrogens (tertiary/aromatic N) is 1. The second-order valence-electron chi connectivity index (χ2n) is 5.26. The number of benzene rings is 1. The van der Waals surface area contributed by atoms with Crippen LogP contribution in [-0.2, 0) is 6.54 Å². The molecule has 1 heterocycles. The van der Waals surface area contributed by atoms with Crippen molar-refractivity contribution in [2.45, 2.75) is 25.4 Å². The van der Waals surface area contributed by atoms with Crippen LogP contribution in [0.2, 0.25) is 0 Å². The number of likely N-dealkylation sites (tertiary alicyclic amines) is 1. The summed E-state index contributed by atoms with van der Waals surface area (Å²) in [5, 5.41) is 9.35. The molecule has 86 valence electrons. The van der Waals surface area contributed by atoms with Gasteiger partial charge in [-0.05, 0) is 30.2 Å². The van der Waals surface area contributed by atoms with Gasteiger partial charge in [-0.2, -0.15) is 0 Å². The molecule has 2 heteroatoms. The summed E-state index contributed by atoms with van der Waals surface area (Å²) < 4.78 is 0. The third-order valence-electron chi connectivity index (χ3n) is 4.18. The molecule has 2 bridgehead atoms. The third-order valence-corrected chi connectivity index (χ3v) is 4.18. The lowest BCUT2D eigenvalue weighted by molar-refractivity contribution is 0.102. The minimum atomic E-state index is 0.368. The molecule has 0 amide bonds. The summed E-state index contributed by atoms with van der Waals surface area (Å²) in [4.78, 5) is 2.56. The molecule has 1 aliphatic heterocycles. The zero-order valence-electron chi connectivity index (χ0n) is 9.55. The molecule has 3 atom stereocenters. The predicted molar refractivity (Wildman–Crippen MR) is 63.9 cm³/mol. The van der Waals surface area contributed by atoms with Gasteiger partial charge in [-0.25, -0.2) is 0 Å². The average molecular weight is 217 g/mol. The van der Waals surface area contributed by atoms with Gasteiger partial charge in [-0.3, -0.25) is 4.90 Å². The van der Waals surface area contributed by atoms with E-state index >= 15 is 0 Å². The molecule has 1 aromatic rings. The van der Waals surface area contributed by atoms with E-state index in [4.69, 9.17) is 0 Å². The van der Waals surface area contributed by atoms with E-state index in [1.807, 2.05) is 0 Å². The van der Waals surface area contributed by atoms with Crippen molar-refractivity contribution in [1.82, 2.24) is 4.90 Å². The highest BCUT2D eigenvalue weighted by atomic mass is 16.3. The summed E-state index contributed by atoms with van der Waals surface area (Å²) in [6.07, 6.45) is 2.55. The van der Waals surface area contributed by atoms with E-state index in [0.717, 1.165) is 12.5 Å². The van der Waals surface area contributed by atoms with Crippen LogP contribution in [0.25, 0.3) is 0 Å². The molecule has 2 nitrogen and oxygen atoms in total. The van der Waals surface area contributed by atoms with Crippen LogP contribution in [0.1, 0.15) is 18.4 Å². The normalized spacial score (nSPS) is 33.4. The average Bonchev–Trinajstić information content (AvgIpc) is 2.89. The number of aliphatic hydroxyl groups is 1. The molecule has 3 rings (SSSR count). The minimum absolute atomic E-state index is 0.368. The maximum Gasteiger partial charge on any atom is 0.0474 e. The van der Waals surface area contributed by atoms with E-state index in [1.54, 1.807) is 0 Å². The van der Waals surface area contributed by atoms with Gasteiger partial charge in [0.15, 0.2) is 0 Å². The zero-order chi connectivity index (χ0) is 11.0. The van der Waals surface area contributed by atoms with Crippen molar-refractivity contribution in [3.05, 3.63) is 35.9 Å². The number of fused-ring (bicyclic) bond motifs is 2. The fourth-order valence-corrected chi connectivity index (χ4v) is 3.47. The van der Waals surface area contributed by atoms with Crippen LogP contribution in [0.15, 0.2) is 30.3 Å². The lowest BCUT2D eigenvalue weighted by Crippen LogP contribution is -2.38. The van der Waals surface area contributed by atoms with Crippen LogP contribution in [0.4, 0.5) is 0 Å². The quantitative estimate of drug-likeness (QED) is 0.835. The van der Waals surface area contributed by atoms with Gasteiger partial charge in [0.05, 0.1) is 0 Å². The first kappa shape index (κ1) is 10.3. The summed E-state index contributed by atoms with van der Waals surface area (Å²) in [7, 11) is 0. The highest BCUT2D eigenvalue weighted by molar-refractivity contribution is 5.15. The maximum atomic E-state index is 9.35. The van der Waals surface area contributed by atoms with E-state index in [1.165, 1.54) is 24.9 Å². The van der Waals surface area contributed by atoms with Crippen LogP contribution < -0.4 is 0 Å². The van der Waals surface area contributed by atoms with Gasteiger partial charge >= 0.3 is 0 Å². The fourth-order valence-electron chi connectivity index (χ4n) is 3.47. The van der Waals surface area contributed by atoms with E-state index in [2.05, 4.69) is 35.2 Å². The highest BCUT2D eigenvalue weighted by Gasteiger charge is 2.44. The van der Waals surface area contributed by atoms with E-state index in [-0.39, 0.29) is 0 Å². The van der Waals surface area contributed by atoms with Gasteiger partial charge in [-0.1, -0.05) is 30.3 Å². The molecule has 2 fully saturated rings. The van der Waals surface area contributed by atoms with Crippen LogP contribution in [0.3, 0.4) is 0 Å². The zero-order valence-corrected chi connectivity index (χ0v) is 9.55. The highest BCUT2D eigenvalue weighted by Crippen LogP contribution is 2.42. The van der Waals surface area contributed by atoms with Crippen molar-refractivity contribution in [1.29, 1.82) is 0 Å². The maximum absolute atomic E-state index is 9.35. The Balaban J connectivity index is 1.69. The van der Waals surface area contributed by atoms with Gasteiger partial charge in [0.25, 0.3) is 0 Å². The van der Waals surface area contributed by atoms with Crippen LogP contribution in [0, 0.1) is 11.8 Å². The van der Waals surface area contributed by atoms with Crippen molar-refractivity contribution in [2.24, 2.45) is 11.8 Å². The fraction of sp³-hybridized carbons (Fsp3) is 0.571. The van der Waals surface area contributed by atoms with Gasteiger partial charge in [-0.15, -0.1) is 0 Å². The van der Waals surface area contributed by atoms with Gasteiger partial charge in [0.2, 0.25) is 0 Å². The molecular weight excluding hydrogens is 198 g/mol.